The van der Waals surface area contributed by atoms with Crippen LogP contribution in [0.4, 0.5) is 4.39 Å². The van der Waals surface area contributed by atoms with Crippen LogP contribution in [-0.2, 0) is 6.42 Å². The molecule has 5 heteroatoms. The Morgan fingerprint density at radius 2 is 2.00 bits per heavy atom. The number of hydrogen-bond donors (Lipinski definition) is 0. The SMILES string of the molecule is CC1=NC=C(c2cccc(F)c2)CN=C(CCCCc2cccs2)S1. The first-order valence-electron chi connectivity index (χ1n) is 8.43. The van der Waals surface area contributed by atoms with E-state index in [1.807, 2.05) is 30.5 Å². The fourth-order valence-electron chi connectivity index (χ4n) is 2.63. The lowest BCUT2D eigenvalue weighted by Gasteiger charge is -2.11. The number of aliphatic imine (C=N–C) groups is 2. The molecule has 0 unspecified atom stereocenters. The molecule has 1 aliphatic heterocycles. The summed E-state index contributed by atoms with van der Waals surface area (Å²) in [6.45, 7) is 2.55. The quantitative estimate of drug-likeness (QED) is 0.554. The summed E-state index contributed by atoms with van der Waals surface area (Å²) in [6, 6.07) is 10.9. The zero-order chi connectivity index (χ0) is 17.5. The fraction of sp³-hybridized carbons (Fsp3) is 0.300. The minimum Gasteiger partial charge on any atom is -0.278 e. The van der Waals surface area contributed by atoms with Crippen LogP contribution in [0.25, 0.3) is 5.57 Å². The van der Waals surface area contributed by atoms with Gasteiger partial charge in [0.1, 0.15) is 5.82 Å². The summed E-state index contributed by atoms with van der Waals surface area (Å²) in [5.41, 5.74) is 1.81. The average Bonchev–Trinajstić information content (AvgIpc) is 3.09. The highest BCUT2D eigenvalue weighted by molar-refractivity contribution is 8.26. The van der Waals surface area contributed by atoms with E-state index < -0.39 is 0 Å². The Morgan fingerprint density at radius 3 is 2.80 bits per heavy atom. The van der Waals surface area contributed by atoms with Crippen LogP contribution < -0.4 is 0 Å². The molecule has 0 N–H and O–H groups in total. The van der Waals surface area contributed by atoms with E-state index in [2.05, 4.69) is 22.5 Å². The molecule has 0 aliphatic carbocycles. The highest BCUT2D eigenvalue weighted by Gasteiger charge is 2.09. The predicted octanol–water partition coefficient (Wildman–Crippen LogP) is 6.20. The molecular weight excluding hydrogens is 351 g/mol. The van der Waals surface area contributed by atoms with Crippen LogP contribution in [0.5, 0.6) is 0 Å². The van der Waals surface area contributed by atoms with Crippen molar-refractivity contribution in [2.24, 2.45) is 9.98 Å². The highest BCUT2D eigenvalue weighted by Crippen LogP contribution is 2.22. The van der Waals surface area contributed by atoms with Gasteiger partial charge in [-0.3, -0.25) is 9.98 Å². The Hall–Kier alpha value is -1.72. The van der Waals surface area contributed by atoms with Crippen LogP contribution in [0, 0.1) is 5.82 Å². The molecule has 0 radical (unpaired) electrons. The van der Waals surface area contributed by atoms with Gasteiger partial charge in [0, 0.05) is 11.1 Å². The standard InChI is InChI=1S/C20H21FN2S2/c1-15-22-13-17(16-6-4-7-18(21)12-16)14-23-20(25-15)10-3-2-8-19-9-5-11-24-19/h4-7,9,11-13H,2-3,8,10,14H2,1H3. The van der Waals surface area contributed by atoms with E-state index in [0.29, 0.717) is 6.54 Å². The minimum atomic E-state index is -0.228. The second kappa shape index (κ2) is 9.11. The van der Waals surface area contributed by atoms with Gasteiger partial charge in [0.05, 0.1) is 16.6 Å². The molecule has 1 aromatic heterocycles. The number of unbranched alkanes of at least 4 members (excludes halogenated alkanes) is 1. The monoisotopic (exact) mass is 372 g/mol. The van der Waals surface area contributed by atoms with Crippen molar-refractivity contribution in [3.8, 4) is 0 Å². The molecular formula is C20H21FN2S2. The van der Waals surface area contributed by atoms with Gasteiger partial charge in [0.25, 0.3) is 0 Å². The number of thiophene rings is 1. The van der Waals surface area contributed by atoms with Crippen LogP contribution in [0.15, 0.2) is 58.0 Å². The van der Waals surface area contributed by atoms with Crippen molar-refractivity contribution in [3.63, 3.8) is 0 Å². The summed E-state index contributed by atoms with van der Waals surface area (Å²) < 4.78 is 13.5. The molecule has 2 nitrogen and oxygen atoms in total. The van der Waals surface area contributed by atoms with Crippen molar-refractivity contribution in [2.45, 2.75) is 32.6 Å². The normalized spacial score (nSPS) is 15.0. The minimum absolute atomic E-state index is 0.228. The molecule has 25 heavy (non-hydrogen) atoms. The van der Waals surface area contributed by atoms with Gasteiger partial charge in [-0.15, -0.1) is 11.3 Å². The maximum absolute atomic E-state index is 13.5. The van der Waals surface area contributed by atoms with Gasteiger partial charge in [0.15, 0.2) is 0 Å². The first kappa shape index (κ1) is 18.1. The summed E-state index contributed by atoms with van der Waals surface area (Å²) >= 11 is 3.47. The number of benzene rings is 1. The van der Waals surface area contributed by atoms with E-state index in [-0.39, 0.29) is 5.82 Å². The fourth-order valence-corrected chi connectivity index (χ4v) is 4.20. The number of hydrogen-bond acceptors (Lipinski definition) is 4. The lowest BCUT2D eigenvalue weighted by atomic mass is 10.1. The second-order valence-electron chi connectivity index (χ2n) is 5.91. The van der Waals surface area contributed by atoms with Gasteiger partial charge < -0.3 is 0 Å². The molecule has 1 aromatic carbocycles. The summed E-state index contributed by atoms with van der Waals surface area (Å²) in [4.78, 5) is 10.7. The molecule has 0 amide bonds. The molecule has 0 atom stereocenters. The maximum Gasteiger partial charge on any atom is 0.123 e. The van der Waals surface area contributed by atoms with Gasteiger partial charge in [-0.2, -0.15) is 0 Å². The van der Waals surface area contributed by atoms with E-state index >= 15 is 0 Å². The Kier molecular flexibility index (Phi) is 6.59. The largest absolute Gasteiger partial charge is 0.278 e. The molecule has 2 heterocycles. The molecule has 0 saturated heterocycles. The van der Waals surface area contributed by atoms with Gasteiger partial charge in [0.2, 0.25) is 0 Å². The first-order chi connectivity index (χ1) is 12.2. The van der Waals surface area contributed by atoms with Gasteiger partial charge in [-0.25, -0.2) is 4.39 Å². The van der Waals surface area contributed by atoms with Crippen molar-refractivity contribution in [1.29, 1.82) is 0 Å². The lowest BCUT2D eigenvalue weighted by molar-refractivity contribution is 0.627. The molecule has 0 saturated carbocycles. The zero-order valence-electron chi connectivity index (χ0n) is 14.2. The van der Waals surface area contributed by atoms with E-state index in [1.54, 1.807) is 23.9 Å². The van der Waals surface area contributed by atoms with Gasteiger partial charge >= 0.3 is 0 Å². The Morgan fingerprint density at radius 1 is 1.12 bits per heavy atom. The Bertz CT molecular complexity index is 792. The topological polar surface area (TPSA) is 24.7 Å². The number of halogens is 1. The predicted molar refractivity (Wildman–Crippen MR) is 109 cm³/mol. The smallest absolute Gasteiger partial charge is 0.123 e. The summed E-state index contributed by atoms with van der Waals surface area (Å²) in [6.07, 6.45) is 6.21. The molecule has 2 aromatic rings. The second-order valence-corrected chi connectivity index (χ2v) is 8.21. The molecule has 0 bridgehead atoms. The highest BCUT2D eigenvalue weighted by atomic mass is 32.2. The summed E-state index contributed by atoms with van der Waals surface area (Å²) in [5, 5.41) is 4.23. The number of thioether (sulfide) groups is 1. The third kappa shape index (κ3) is 5.65. The Labute approximate surface area is 156 Å². The third-order valence-corrected chi connectivity index (χ3v) is 5.84. The maximum atomic E-state index is 13.5. The molecule has 0 fully saturated rings. The summed E-state index contributed by atoms with van der Waals surface area (Å²) in [7, 11) is 0. The van der Waals surface area contributed by atoms with Crippen molar-refractivity contribution >= 4 is 38.8 Å². The first-order valence-corrected chi connectivity index (χ1v) is 10.1. The Balaban J connectivity index is 1.61. The van der Waals surface area contributed by atoms with Crippen LogP contribution >= 0.6 is 23.1 Å². The summed E-state index contributed by atoms with van der Waals surface area (Å²) in [5.74, 6) is -0.228. The van der Waals surface area contributed by atoms with E-state index in [4.69, 9.17) is 4.99 Å². The van der Waals surface area contributed by atoms with Crippen LogP contribution in [0.3, 0.4) is 0 Å². The molecule has 130 valence electrons. The third-order valence-electron chi connectivity index (χ3n) is 3.93. The number of nitrogens with zero attached hydrogens (tertiary/aromatic N) is 2. The number of rotatable bonds is 6. The van der Waals surface area contributed by atoms with Crippen molar-refractivity contribution in [2.75, 3.05) is 6.54 Å². The lowest BCUT2D eigenvalue weighted by Crippen LogP contribution is -2.03. The molecule has 0 spiro atoms. The molecule has 1 aliphatic rings. The number of aryl methyl sites for hydroxylation is 1. The van der Waals surface area contributed by atoms with E-state index in [0.717, 1.165) is 40.5 Å². The van der Waals surface area contributed by atoms with Crippen molar-refractivity contribution < 1.29 is 4.39 Å². The zero-order valence-corrected chi connectivity index (χ0v) is 15.9. The molecule has 3 rings (SSSR count). The average molecular weight is 373 g/mol. The van der Waals surface area contributed by atoms with E-state index in [1.165, 1.54) is 17.4 Å². The van der Waals surface area contributed by atoms with Crippen molar-refractivity contribution in [3.05, 3.63) is 64.2 Å². The van der Waals surface area contributed by atoms with Crippen molar-refractivity contribution in [1.82, 2.24) is 0 Å². The van der Waals surface area contributed by atoms with Gasteiger partial charge in [-0.05, 0) is 67.3 Å². The van der Waals surface area contributed by atoms with Crippen LogP contribution in [0.1, 0.15) is 36.6 Å². The van der Waals surface area contributed by atoms with Crippen LogP contribution in [0.2, 0.25) is 0 Å². The van der Waals surface area contributed by atoms with Crippen LogP contribution in [-0.4, -0.2) is 16.6 Å². The van der Waals surface area contributed by atoms with E-state index in [9.17, 15) is 4.39 Å². The van der Waals surface area contributed by atoms with Gasteiger partial charge in [-0.1, -0.05) is 30.0 Å².